The van der Waals surface area contributed by atoms with Gasteiger partial charge in [0.1, 0.15) is 0 Å². The quantitative estimate of drug-likeness (QED) is 0.404. The fourth-order valence-electron chi connectivity index (χ4n) is 0.839. The molecule has 1 aliphatic rings. The standard InChI is InChI=1S/C8H10NO5P/c1-5(2)8(12)13-15-14-9-6(10)3-4-7(9)11/h15H,1,3-4H2,2H3. The van der Waals surface area contributed by atoms with E-state index in [4.69, 9.17) is 4.62 Å². The van der Waals surface area contributed by atoms with E-state index in [1.807, 2.05) is 0 Å². The van der Waals surface area contributed by atoms with E-state index in [0.29, 0.717) is 5.06 Å². The van der Waals surface area contributed by atoms with E-state index in [-0.39, 0.29) is 18.4 Å². The highest BCUT2D eigenvalue weighted by Gasteiger charge is 2.30. The Bertz CT molecular complexity index is 311. The molecule has 0 aliphatic carbocycles. The van der Waals surface area contributed by atoms with Crippen molar-refractivity contribution in [2.75, 3.05) is 0 Å². The van der Waals surface area contributed by atoms with E-state index >= 15 is 0 Å². The maximum absolute atomic E-state index is 11.0. The molecule has 1 atom stereocenters. The van der Waals surface area contributed by atoms with Crippen LogP contribution in [0, 0.1) is 0 Å². The first kappa shape index (κ1) is 11.8. The minimum atomic E-state index is -0.715. The summed E-state index contributed by atoms with van der Waals surface area (Å²) in [7, 11) is -0.715. The number of hydroxylamine groups is 2. The van der Waals surface area contributed by atoms with Gasteiger partial charge in [0.25, 0.3) is 11.8 Å². The van der Waals surface area contributed by atoms with Crippen molar-refractivity contribution >= 4 is 26.8 Å². The zero-order valence-corrected chi connectivity index (χ0v) is 9.11. The highest BCUT2D eigenvalue weighted by molar-refractivity contribution is 7.27. The number of amides is 2. The molecule has 0 aromatic carbocycles. The number of hydrogen-bond acceptors (Lipinski definition) is 5. The molecule has 1 rings (SSSR count). The number of imide groups is 1. The second kappa shape index (κ2) is 5.00. The molecule has 0 aromatic rings. The van der Waals surface area contributed by atoms with Gasteiger partial charge in [-0.1, -0.05) is 6.58 Å². The van der Waals surface area contributed by atoms with Crippen LogP contribution in [0.3, 0.4) is 0 Å². The average Bonchev–Trinajstić information content (AvgIpc) is 2.48. The zero-order valence-electron chi connectivity index (χ0n) is 8.11. The molecule has 7 heteroatoms. The van der Waals surface area contributed by atoms with Gasteiger partial charge >= 0.3 is 5.97 Å². The lowest BCUT2D eigenvalue weighted by Gasteiger charge is -2.11. The summed E-state index contributed by atoms with van der Waals surface area (Å²) in [6.45, 7) is 4.85. The van der Waals surface area contributed by atoms with Gasteiger partial charge in [-0.15, -0.1) is 5.06 Å². The molecule has 1 heterocycles. The lowest BCUT2D eigenvalue weighted by Crippen LogP contribution is -2.26. The van der Waals surface area contributed by atoms with Crippen LogP contribution in [0.2, 0.25) is 0 Å². The van der Waals surface area contributed by atoms with Crippen LogP contribution in [0.5, 0.6) is 0 Å². The van der Waals surface area contributed by atoms with Crippen LogP contribution in [0.15, 0.2) is 12.2 Å². The molecular weight excluding hydrogens is 221 g/mol. The molecule has 2 amide bonds. The number of rotatable bonds is 4. The van der Waals surface area contributed by atoms with Gasteiger partial charge in [-0.3, -0.25) is 9.59 Å². The van der Waals surface area contributed by atoms with Crippen LogP contribution >= 0.6 is 9.03 Å². The second-order valence-corrected chi connectivity index (χ2v) is 3.48. The zero-order chi connectivity index (χ0) is 11.4. The molecule has 1 aliphatic heterocycles. The van der Waals surface area contributed by atoms with Crippen molar-refractivity contribution < 1.29 is 23.5 Å². The Morgan fingerprint density at radius 3 is 2.40 bits per heavy atom. The van der Waals surface area contributed by atoms with Crippen molar-refractivity contribution in [2.45, 2.75) is 19.8 Å². The molecule has 1 unspecified atom stereocenters. The van der Waals surface area contributed by atoms with Crippen LogP contribution in [0.25, 0.3) is 0 Å². The summed E-state index contributed by atoms with van der Waals surface area (Å²) in [6.07, 6.45) is 0.273. The molecule has 0 spiro atoms. The predicted octanol–water partition coefficient (Wildman–Crippen LogP) is 0.695. The van der Waals surface area contributed by atoms with Crippen molar-refractivity contribution in [1.82, 2.24) is 5.06 Å². The molecule has 0 N–H and O–H groups in total. The SMILES string of the molecule is C=C(C)C(=O)OPON1C(=O)CCC1=O. The average molecular weight is 231 g/mol. The molecular formula is C8H10NO5P. The number of carbonyl (C=O) groups is 3. The second-order valence-electron chi connectivity index (χ2n) is 2.93. The molecule has 15 heavy (non-hydrogen) atoms. The molecule has 0 bridgehead atoms. The first-order valence-corrected chi connectivity index (χ1v) is 4.98. The highest BCUT2D eigenvalue weighted by atomic mass is 31.1. The monoisotopic (exact) mass is 231 g/mol. The summed E-state index contributed by atoms with van der Waals surface area (Å²) >= 11 is 0. The topological polar surface area (TPSA) is 72.9 Å². The number of hydrogen-bond donors (Lipinski definition) is 0. The molecule has 0 saturated carbocycles. The van der Waals surface area contributed by atoms with Crippen LogP contribution in [0.4, 0.5) is 0 Å². The first-order valence-electron chi connectivity index (χ1n) is 4.17. The van der Waals surface area contributed by atoms with Crippen LogP contribution in [-0.2, 0) is 23.5 Å². The summed E-state index contributed by atoms with van der Waals surface area (Å²) in [5, 5.41) is 0.629. The minimum Gasteiger partial charge on any atom is -0.414 e. The fraction of sp³-hybridized carbons (Fsp3) is 0.375. The van der Waals surface area contributed by atoms with E-state index in [0.717, 1.165) is 0 Å². The first-order chi connectivity index (χ1) is 7.02. The van der Waals surface area contributed by atoms with Crippen LogP contribution in [0.1, 0.15) is 19.8 Å². The molecule has 0 aromatic heterocycles. The summed E-state index contributed by atoms with van der Waals surface area (Å²) < 4.78 is 9.31. The molecule has 6 nitrogen and oxygen atoms in total. The van der Waals surface area contributed by atoms with Gasteiger partial charge in [0.2, 0.25) is 9.03 Å². The third-order valence-corrected chi connectivity index (χ3v) is 2.14. The summed E-state index contributed by atoms with van der Waals surface area (Å²) in [5.74, 6) is -1.45. The van der Waals surface area contributed by atoms with E-state index in [1.54, 1.807) is 0 Å². The summed E-state index contributed by atoms with van der Waals surface area (Å²) in [6, 6.07) is 0. The molecule has 82 valence electrons. The highest BCUT2D eigenvalue weighted by Crippen LogP contribution is 2.23. The van der Waals surface area contributed by atoms with E-state index in [1.165, 1.54) is 6.92 Å². The molecule has 1 fully saturated rings. The third-order valence-electron chi connectivity index (χ3n) is 1.62. The van der Waals surface area contributed by atoms with Crippen molar-refractivity contribution in [3.8, 4) is 0 Å². The Hall–Kier alpha value is -1.26. The van der Waals surface area contributed by atoms with E-state index in [2.05, 4.69) is 11.1 Å². The smallest absolute Gasteiger partial charge is 0.337 e. The third kappa shape index (κ3) is 3.11. The largest absolute Gasteiger partial charge is 0.414 e. The van der Waals surface area contributed by atoms with Gasteiger partial charge in [0, 0.05) is 18.4 Å². The maximum atomic E-state index is 11.0. The Kier molecular flexibility index (Phi) is 3.94. The van der Waals surface area contributed by atoms with Gasteiger partial charge in [0.05, 0.1) is 0 Å². The van der Waals surface area contributed by atoms with Crippen molar-refractivity contribution in [1.29, 1.82) is 0 Å². The van der Waals surface area contributed by atoms with Gasteiger partial charge in [0.15, 0.2) is 0 Å². The normalized spacial score (nSPS) is 16.5. The van der Waals surface area contributed by atoms with Gasteiger partial charge in [-0.05, 0) is 6.92 Å². The van der Waals surface area contributed by atoms with Crippen LogP contribution in [-0.4, -0.2) is 22.8 Å². The summed E-state index contributed by atoms with van der Waals surface area (Å²) in [5.41, 5.74) is 0.227. The molecule has 1 saturated heterocycles. The van der Waals surface area contributed by atoms with Crippen molar-refractivity contribution in [3.05, 3.63) is 12.2 Å². The van der Waals surface area contributed by atoms with Crippen molar-refractivity contribution in [2.24, 2.45) is 0 Å². The van der Waals surface area contributed by atoms with Gasteiger partial charge in [-0.25, -0.2) is 9.42 Å². The Morgan fingerprint density at radius 1 is 1.40 bits per heavy atom. The van der Waals surface area contributed by atoms with Gasteiger partial charge < -0.3 is 4.52 Å². The Morgan fingerprint density at radius 2 is 1.93 bits per heavy atom. The molecule has 0 radical (unpaired) electrons. The lowest BCUT2D eigenvalue weighted by molar-refractivity contribution is -0.164. The van der Waals surface area contributed by atoms with Gasteiger partial charge in [-0.2, -0.15) is 0 Å². The van der Waals surface area contributed by atoms with E-state index < -0.39 is 26.8 Å². The number of carbonyl (C=O) groups excluding carboxylic acids is 3. The fourth-order valence-corrected chi connectivity index (χ4v) is 1.40. The Balaban J connectivity index is 2.31. The number of nitrogens with zero attached hydrogens (tertiary/aromatic N) is 1. The summed E-state index contributed by atoms with van der Waals surface area (Å²) in [4.78, 5) is 32.9. The minimum absolute atomic E-state index is 0.137. The van der Waals surface area contributed by atoms with Crippen LogP contribution < -0.4 is 0 Å². The lowest BCUT2D eigenvalue weighted by atomic mass is 10.4. The van der Waals surface area contributed by atoms with E-state index in [9.17, 15) is 14.4 Å². The van der Waals surface area contributed by atoms with Crippen molar-refractivity contribution in [3.63, 3.8) is 0 Å². The predicted molar refractivity (Wildman–Crippen MR) is 51.4 cm³/mol. The Labute approximate surface area is 88.1 Å². The maximum Gasteiger partial charge on any atom is 0.337 e.